The average molecular weight is 350 g/mol. The smallest absolute Gasteiger partial charge is 0.255 e. The van der Waals surface area contributed by atoms with E-state index in [2.05, 4.69) is 4.98 Å². The Morgan fingerprint density at radius 1 is 1.08 bits per heavy atom. The monoisotopic (exact) mass is 350 g/mol. The summed E-state index contributed by atoms with van der Waals surface area (Å²) in [7, 11) is 1.65. The van der Waals surface area contributed by atoms with Gasteiger partial charge in [-0.2, -0.15) is 0 Å². The Balaban J connectivity index is 1.99. The summed E-state index contributed by atoms with van der Waals surface area (Å²) in [6, 6.07) is 14.9. The molecule has 0 unspecified atom stereocenters. The number of aromatic amines is 1. The zero-order valence-corrected chi connectivity index (χ0v) is 15.2. The lowest BCUT2D eigenvalue weighted by Crippen LogP contribution is -2.36. The van der Waals surface area contributed by atoms with E-state index in [1.54, 1.807) is 18.1 Å². The summed E-state index contributed by atoms with van der Waals surface area (Å²) < 4.78 is 5.45. The van der Waals surface area contributed by atoms with Crippen LogP contribution in [0.25, 0.3) is 10.8 Å². The molecule has 1 N–H and O–H groups in total. The zero-order chi connectivity index (χ0) is 18.7. The van der Waals surface area contributed by atoms with Crippen molar-refractivity contribution in [3.8, 4) is 5.75 Å². The molecule has 134 valence electrons. The Hall–Kier alpha value is -3.08. The van der Waals surface area contributed by atoms with Crippen molar-refractivity contribution in [2.75, 3.05) is 7.11 Å². The van der Waals surface area contributed by atoms with E-state index in [4.69, 9.17) is 4.74 Å². The number of carbonyl (C=O) groups is 1. The number of nitrogens with zero attached hydrogens (tertiary/aromatic N) is 1. The van der Waals surface area contributed by atoms with Gasteiger partial charge in [0.05, 0.1) is 12.7 Å². The predicted octanol–water partition coefficient (Wildman–Crippen LogP) is 3.59. The fraction of sp³-hybridized carbons (Fsp3) is 0.238. The van der Waals surface area contributed by atoms with Crippen LogP contribution in [0.4, 0.5) is 0 Å². The van der Waals surface area contributed by atoms with E-state index in [0.29, 0.717) is 12.1 Å². The number of amides is 1. The van der Waals surface area contributed by atoms with E-state index < -0.39 is 0 Å². The molecular formula is C21H22N2O3. The van der Waals surface area contributed by atoms with Gasteiger partial charge >= 0.3 is 0 Å². The first-order chi connectivity index (χ1) is 12.5. The number of pyridine rings is 1. The Labute approximate surface area is 152 Å². The second-order valence-corrected chi connectivity index (χ2v) is 6.44. The lowest BCUT2D eigenvalue weighted by Gasteiger charge is -2.27. The molecule has 0 spiro atoms. The summed E-state index contributed by atoms with van der Waals surface area (Å²) in [5.41, 5.74) is 1.29. The number of carbonyl (C=O) groups excluding carboxylic acids is 1. The average Bonchev–Trinajstić information content (AvgIpc) is 2.65. The van der Waals surface area contributed by atoms with Crippen LogP contribution in [0.15, 0.2) is 59.5 Å². The third kappa shape index (κ3) is 3.47. The number of benzene rings is 2. The van der Waals surface area contributed by atoms with Gasteiger partial charge in [0.15, 0.2) is 0 Å². The standard InChI is InChI=1S/C21H22N2O3/c1-14(2)23(21(25)15-9-11-20(24)22-12-15)13-16-8-10-19(26-3)18-7-5-4-6-17(16)18/h4-12,14H,13H2,1-3H3,(H,22,24). The Kier molecular flexibility index (Phi) is 5.07. The van der Waals surface area contributed by atoms with E-state index in [1.165, 1.54) is 12.3 Å². The van der Waals surface area contributed by atoms with Crippen LogP contribution in [0.3, 0.4) is 0 Å². The Morgan fingerprint density at radius 3 is 2.42 bits per heavy atom. The molecule has 5 nitrogen and oxygen atoms in total. The zero-order valence-electron chi connectivity index (χ0n) is 15.2. The molecule has 0 aliphatic carbocycles. The molecule has 0 saturated carbocycles. The van der Waals surface area contributed by atoms with Gasteiger partial charge in [0.1, 0.15) is 5.75 Å². The van der Waals surface area contributed by atoms with E-state index in [9.17, 15) is 9.59 Å². The van der Waals surface area contributed by atoms with E-state index >= 15 is 0 Å². The van der Waals surface area contributed by atoms with Gasteiger partial charge in [0.25, 0.3) is 5.91 Å². The van der Waals surface area contributed by atoms with Crippen LogP contribution in [0.1, 0.15) is 29.8 Å². The van der Waals surface area contributed by atoms with Crippen molar-refractivity contribution in [1.29, 1.82) is 0 Å². The van der Waals surface area contributed by atoms with Crippen molar-refractivity contribution in [3.05, 3.63) is 76.2 Å². The Bertz CT molecular complexity index is 971. The minimum absolute atomic E-state index is 0.00953. The highest BCUT2D eigenvalue weighted by atomic mass is 16.5. The molecule has 0 radical (unpaired) electrons. The summed E-state index contributed by atoms with van der Waals surface area (Å²) in [6.07, 6.45) is 1.46. The van der Waals surface area contributed by atoms with Crippen molar-refractivity contribution in [1.82, 2.24) is 9.88 Å². The number of hydrogen-bond acceptors (Lipinski definition) is 3. The van der Waals surface area contributed by atoms with Crippen LogP contribution < -0.4 is 10.3 Å². The van der Waals surface area contributed by atoms with Gasteiger partial charge in [-0.1, -0.05) is 30.3 Å². The van der Waals surface area contributed by atoms with Gasteiger partial charge in [0.2, 0.25) is 5.56 Å². The van der Waals surface area contributed by atoms with Gasteiger partial charge < -0.3 is 14.6 Å². The van der Waals surface area contributed by atoms with E-state index in [-0.39, 0.29) is 17.5 Å². The number of H-pyrrole nitrogens is 1. The lowest BCUT2D eigenvalue weighted by molar-refractivity contribution is 0.0690. The molecule has 5 heteroatoms. The number of nitrogens with one attached hydrogen (secondary N) is 1. The molecule has 3 rings (SSSR count). The maximum absolute atomic E-state index is 12.9. The topological polar surface area (TPSA) is 62.4 Å². The SMILES string of the molecule is COc1ccc(CN(C(=O)c2ccc(=O)[nH]c2)C(C)C)c2ccccc12. The molecule has 0 saturated heterocycles. The second kappa shape index (κ2) is 7.44. The number of hydrogen-bond donors (Lipinski definition) is 1. The van der Waals surface area contributed by atoms with Crippen molar-refractivity contribution >= 4 is 16.7 Å². The summed E-state index contributed by atoms with van der Waals surface area (Å²) in [5, 5.41) is 2.08. The highest BCUT2D eigenvalue weighted by Gasteiger charge is 2.20. The molecule has 1 aromatic heterocycles. The molecular weight excluding hydrogens is 328 g/mol. The van der Waals surface area contributed by atoms with Crippen LogP contribution in [-0.4, -0.2) is 28.9 Å². The minimum atomic E-state index is -0.223. The van der Waals surface area contributed by atoms with Crippen molar-refractivity contribution in [2.24, 2.45) is 0 Å². The fourth-order valence-corrected chi connectivity index (χ4v) is 3.03. The van der Waals surface area contributed by atoms with Gasteiger partial charge in [0, 0.05) is 30.2 Å². The summed E-state index contributed by atoms with van der Waals surface area (Å²) >= 11 is 0. The molecule has 3 aromatic rings. The van der Waals surface area contributed by atoms with Crippen molar-refractivity contribution < 1.29 is 9.53 Å². The number of aromatic nitrogens is 1. The van der Waals surface area contributed by atoms with Crippen LogP contribution in [-0.2, 0) is 6.54 Å². The number of methoxy groups -OCH3 is 1. The maximum Gasteiger partial charge on any atom is 0.255 e. The fourth-order valence-electron chi connectivity index (χ4n) is 3.03. The highest BCUT2D eigenvalue weighted by molar-refractivity contribution is 5.95. The van der Waals surface area contributed by atoms with Crippen LogP contribution in [0.2, 0.25) is 0 Å². The normalized spacial score (nSPS) is 10.9. The first-order valence-corrected chi connectivity index (χ1v) is 8.55. The van der Waals surface area contributed by atoms with Gasteiger partial charge in [-0.3, -0.25) is 9.59 Å². The summed E-state index contributed by atoms with van der Waals surface area (Å²) in [4.78, 5) is 28.6. The van der Waals surface area contributed by atoms with Crippen LogP contribution in [0, 0.1) is 0 Å². The van der Waals surface area contributed by atoms with Crippen molar-refractivity contribution in [2.45, 2.75) is 26.4 Å². The number of ether oxygens (including phenoxy) is 1. The summed E-state index contributed by atoms with van der Waals surface area (Å²) in [5.74, 6) is 0.698. The molecule has 0 aliphatic rings. The first kappa shape index (κ1) is 17.7. The van der Waals surface area contributed by atoms with Crippen molar-refractivity contribution in [3.63, 3.8) is 0 Å². The van der Waals surface area contributed by atoms with Crippen LogP contribution >= 0.6 is 0 Å². The molecule has 0 fully saturated rings. The predicted molar refractivity (Wildman–Crippen MR) is 103 cm³/mol. The minimum Gasteiger partial charge on any atom is -0.496 e. The summed E-state index contributed by atoms with van der Waals surface area (Å²) in [6.45, 7) is 4.44. The quantitative estimate of drug-likeness (QED) is 0.765. The van der Waals surface area contributed by atoms with Gasteiger partial charge in [-0.25, -0.2) is 0 Å². The Morgan fingerprint density at radius 2 is 1.81 bits per heavy atom. The number of fused-ring (bicyclic) bond motifs is 1. The second-order valence-electron chi connectivity index (χ2n) is 6.44. The molecule has 2 aromatic carbocycles. The lowest BCUT2D eigenvalue weighted by atomic mass is 10.0. The van der Waals surface area contributed by atoms with E-state index in [1.807, 2.05) is 50.2 Å². The first-order valence-electron chi connectivity index (χ1n) is 8.55. The molecule has 1 amide bonds. The number of rotatable bonds is 5. The molecule has 0 atom stereocenters. The maximum atomic E-state index is 12.9. The highest BCUT2D eigenvalue weighted by Crippen LogP contribution is 2.29. The largest absolute Gasteiger partial charge is 0.496 e. The molecule has 26 heavy (non-hydrogen) atoms. The third-order valence-electron chi connectivity index (χ3n) is 4.45. The van der Waals surface area contributed by atoms with Gasteiger partial charge in [-0.05, 0) is 36.9 Å². The van der Waals surface area contributed by atoms with Crippen LogP contribution in [0.5, 0.6) is 5.75 Å². The third-order valence-corrected chi connectivity index (χ3v) is 4.45. The molecule has 0 bridgehead atoms. The van der Waals surface area contributed by atoms with Gasteiger partial charge in [-0.15, -0.1) is 0 Å². The molecule has 0 aliphatic heterocycles. The van der Waals surface area contributed by atoms with E-state index in [0.717, 1.165) is 22.1 Å². The molecule has 1 heterocycles.